The molecule has 2 atom stereocenters. The molecule has 1 fully saturated rings. The third-order valence-electron chi connectivity index (χ3n) is 5.49. The number of aromatic nitrogens is 5. The largest absolute Gasteiger partial charge is 0.355 e. The van der Waals surface area contributed by atoms with Crippen LogP contribution in [0.1, 0.15) is 28.3 Å². The highest BCUT2D eigenvalue weighted by Gasteiger charge is 2.25. The van der Waals surface area contributed by atoms with E-state index in [9.17, 15) is 18.0 Å². The normalized spacial score (nSPS) is 17.2. The van der Waals surface area contributed by atoms with Gasteiger partial charge < -0.3 is 19.9 Å². The topological polar surface area (TPSA) is 100 Å². The van der Waals surface area contributed by atoms with Gasteiger partial charge in [-0.05, 0) is 32.7 Å². The number of nitrogens with one attached hydrogen (secondary N) is 2. The molecular weight excluding hydrogens is 437 g/mol. The van der Waals surface area contributed by atoms with E-state index in [0.717, 1.165) is 17.8 Å². The van der Waals surface area contributed by atoms with Crippen LogP contribution in [0.2, 0.25) is 0 Å². The van der Waals surface area contributed by atoms with Crippen molar-refractivity contribution < 1.29 is 18.0 Å². The summed E-state index contributed by atoms with van der Waals surface area (Å²) in [6.45, 7) is 5.15. The summed E-state index contributed by atoms with van der Waals surface area (Å²) in [5.74, 6) is 0.760. The van der Waals surface area contributed by atoms with Gasteiger partial charge in [-0.3, -0.25) is 4.79 Å². The van der Waals surface area contributed by atoms with Crippen LogP contribution in [0.4, 0.5) is 24.8 Å². The second kappa shape index (κ2) is 9.69. The predicted octanol–water partition coefficient (Wildman–Crippen LogP) is 2.41. The fraction of sp³-hybridized carbons (Fsp3) is 0.476. The first kappa shape index (κ1) is 22.9. The molecule has 4 rings (SSSR count). The molecule has 0 saturated carbocycles. The zero-order chi connectivity index (χ0) is 23.5. The van der Waals surface area contributed by atoms with Gasteiger partial charge in [-0.2, -0.15) is 0 Å². The maximum atomic E-state index is 13.0. The van der Waals surface area contributed by atoms with E-state index in [2.05, 4.69) is 30.6 Å². The zero-order valence-corrected chi connectivity index (χ0v) is 18.3. The van der Waals surface area contributed by atoms with Crippen molar-refractivity contribution in [3.05, 3.63) is 41.9 Å². The van der Waals surface area contributed by atoms with Crippen molar-refractivity contribution in [2.45, 2.75) is 32.9 Å². The number of aryl methyl sites for hydroxylation is 2. The fourth-order valence-electron chi connectivity index (χ4n) is 3.84. The SMILES string of the molecule is Cc1cn2cc(NC(=O)c3cnc(N4CCC(CNCC(F)C(F)F)C4)cn3)nc(C)c2n1. The zero-order valence-electron chi connectivity index (χ0n) is 18.3. The molecule has 176 valence electrons. The first-order chi connectivity index (χ1) is 15.8. The molecule has 0 radical (unpaired) electrons. The number of amides is 1. The van der Waals surface area contributed by atoms with Crippen molar-refractivity contribution in [1.29, 1.82) is 0 Å². The number of imidazole rings is 1. The minimum Gasteiger partial charge on any atom is -0.355 e. The standard InChI is InChI=1S/C21H25F3N8O/c1-12-9-32-11-17(29-13(2)20(32)28-12)30-21(33)16-7-27-18(8-26-16)31-4-3-14(10-31)5-25-6-15(22)19(23)24/h7-9,11,14-15,19,25H,3-6,10H2,1-2H3,(H,30,33). The van der Waals surface area contributed by atoms with E-state index >= 15 is 0 Å². The Labute approximate surface area is 188 Å². The van der Waals surface area contributed by atoms with Crippen molar-refractivity contribution >= 4 is 23.2 Å². The maximum absolute atomic E-state index is 13.0. The molecule has 1 aliphatic heterocycles. The lowest BCUT2D eigenvalue weighted by atomic mass is 10.1. The Morgan fingerprint density at radius 3 is 2.73 bits per heavy atom. The second-order valence-corrected chi connectivity index (χ2v) is 8.15. The van der Waals surface area contributed by atoms with Gasteiger partial charge in [-0.15, -0.1) is 0 Å². The first-order valence-electron chi connectivity index (χ1n) is 10.6. The molecule has 1 saturated heterocycles. The molecule has 4 heterocycles. The predicted molar refractivity (Wildman–Crippen MR) is 117 cm³/mol. The summed E-state index contributed by atoms with van der Waals surface area (Å²) < 4.78 is 39.3. The third kappa shape index (κ3) is 5.38. The van der Waals surface area contributed by atoms with E-state index in [-0.39, 0.29) is 18.2 Å². The van der Waals surface area contributed by atoms with Crippen molar-refractivity contribution in [1.82, 2.24) is 29.7 Å². The van der Waals surface area contributed by atoms with Crippen LogP contribution in [0.15, 0.2) is 24.8 Å². The molecule has 0 spiro atoms. The molecule has 33 heavy (non-hydrogen) atoms. The first-order valence-corrected chi connectivity index (χ1v) is 10.6. The average molecular weight is 462 g/mol. The number of alkyl halides is 3. The van der Waals surface area contributed by atoms with Crippen LogP contribution in [0.25, 0.3) is 5.65 Å². The van der Waals surface area contributed by atoms with Gasteiger partial charge in [-0.1, -0.05) is 0 Å². The molecule has 3 aromatic heterocycles. The number of hydrogen-bond donors (Lipinski definition) is 2. The van der Waals surface area contributed by atoms with Crippen LogP contribution in [-0.4, -0.2) is 69.0 Å². The van der Waals surface area contributed by atoms with Gasteiger partial charge in [0.2, 0.25) is 0 Å². The van der Waals surface area contributed by atoms with Crippen molar-refractivity contribution in [3.63, 3.8) is 0 Å². The highest BCUT2D eigenvalue weighted by molar-refractivity contribution is 6.02. The Morgan fingerprint density at radius 1 is 1.18 bits per heavy atom. The second-order valence-electron chi connectivity index (χ2n) is 8.15. The summed E-state index contributed by atoms with van der Waals surface area (Å²) in [6, 6.07) is 0. The van der Waals surface area contributed by atoms with Gasteiger partial charge in [0.1, 0.15) is 17.3 Å². The number of carbonyl (C=O) groups excluding carboxylic acids is 1. The summed E-state index contributed by atoms with van der Waals surface area (Å²) in [7, 11) is 0. The van der Waals surface area contributed by atoms with E-state index < -0.39 is 18.5 Å². The molecular formula is C21H25F3N8O. The Bertz CT molecular complexity index is 1120. The average Bonchev–Trinajstić information content (AvgIpc) is 3.40. The highest BCUT2D eigenvalue weighted by Crippen LogP contribution is 2.21. The molecule has 0 aliphatic carbocycles. The Kier molecular flexibility index (Phi) is 6.72. The summed E-state index contributed by atoms with van der Waals surface area (Å²) in [5, 5.41) is 5.49. The number of halogens is 3. The van der Waals surface area contributed by atoms with Gasteiger partial charge in [0, 0.05) is 25.8 Å². The lowest BCUT2D eigenvalue weighted by Gasteiger charge is -2.17. The lowest BCUT2D eigenvalue weighted by Crippen LogP contribution is -2.33. The molecule has 3 aromatic rings. The molecule has 0 bridgehead atoms. The third-order valence-corrected chi connectivity index (χ3v) is 5.49. The van der Waals surface area contributed by atoms with Crippen LogP contribution in [0, 0.1) is 19.8 Å². The van der Waals surface area contributed by atoms with Gasteiger partial charge in [-0.25, -0.2) is 33.1 Å². The van der Waals surface area contributed by atoms with Gasteiger partial charge >= 0.3 is 0 Å². The highest BCUT2D eigenvalue weighted by atomic mass is 19.3. The Balaban J connectivity index is 1.32. The Hall–Kier alpha value is -3.28. The summed E-state index contributed by atoms with van der Waals surface area (Å²) in [6.07, 6.45) is 2.16. The van der Waals surface area contributed by atoms with Crippen LogP contribution in [0.3, 0.4) is 0 Å². The molecule has 1 aliphatic rings. The van der Waals surface area contributed by atoms with Crippen LogP contribution >= 0.6 is 0 Å². The van der Waals surface area contributed by atoms with E-state index in [4.69, 9.17) is 0 Å². The number of hydrogen-bond acceptors (Lipinski definition) is 7. The van der Waals surface area contributed by atoms with Gasteiger partial charge in [0.15, 0.2) is 11.8 Å². The summed E-state index contributed by atoms with van der Waals surface area (Å²) in [5.41, 5.74) is 2.42. The molecule has 0 aromatic carbocycles. The molecule has 9 nitrogen and oxygen atoms in total. The van der Waals surface area contributed by atoms with Crippen molar-refractivity contribution in [3.8, 4) is 0 Å². The van der Waals surface area contributed by atoms with E-state index in [1.54, 1.807) is 6.20 Å². The van der Waals surface area contributed by atoms with Crippen LogP contribution in [0.5, 0.6) is 0 Å². The van der Waals surface area contributed by atoms with Crippen LogP contribution < -0.4 is 15.5 Å². The molecule has 12 heteroatoms. The smallest absolute Gasteiger partial charge is 0.277 e. The van der Waals surface area contributed by atoms with Crippen LogP contribution in [-0.2, 0) is 0 Å². The molecule has 1 amide bonds. The number of anilines is 2. The Morgan fingerprint density at radius 2 is 2.00 bits per heavy atom. The fourth-order valence-corrected chi connectivity index (χ4v) is 3.84. The monoisotopic (exact) mass is 462 g/mol. The minimum absolute atomic E-state index is 0.151. The number of rotatable bonds is 8. The van der Waals surface area contributed by atoms with Gasteiger partial charge in [0.05, 0.1) is 30.0 Å². The molecule has 2 N–H and O–H groups in total. The minimum atomic E-state index is -2.97. The maximum Gasteiger partial charge on any atom is 0.277 e. The van der Waals surface area contributed by atoms with E-state index in [1.807, 2.05) is 29.3 Å². The molecule has 2 unspecified atom stereocenters. The van der Waals surface area contributed by atoms with Gasteiger partial charge in [0.25, 0.3) is 12.3 Å². The van der Waals surface area contributed by atoms with Crippen molar-refractivity contribution in [2.24, 2.45) is 5.92 Å². The number of fused-ring (bicyclic) bond motifs is 1. The van der Waals surface area contributed by atoms with E-state index in [1.165, 1.54) is 12.4 Å². The quantitative estimate of drug-likeness (QED) is 0.530. The summed E-state index contributed by atoms with van der Waals surface area (Å²) >= 11 is 0. The summed E-state index contributed by atoms with van der Waals surface area (Å²) in [4.78, 5) is 31.9. The van der Waals surface area contributed by atoms with E-state index in [0.29, 0.717) is 37.0 Å². The number of nitrogens with zero attached hydrogens (tertiary/aromatic N) is 6. The van der Waals surface area contributed by atoms with Crippen molar-refractivity contribution in [2.75, 3.05) is 36.4 Å². The number of carbonyl (C=O) groups is 1. The lowest BCUT2D eigenvalue weighted by molar-refractivity contribution is 0.0498.